The molecule has 66 heavy (non-hydrogen) atoms. The Bertz CT molecular complexity index is 2590. The average molecular weight is 902 g/mol. The van der Waals surface area contributed by atoms with E-state index in [-0.39, 0.29) is 42.0 Å². The number of carbonyl (C=O) groups is 4. The number of rotatable bonds is 12. The molecule has 1 unspecified atom stereocenters. The van der Waals surface area contributed by atoms with Crippen LogP contribution in [0.25, 0.3) is 44.7 Å². The van der Waals surface area contributed by atoms with Crippen molar-refractivity contribution in [1.29, 1.82) is 0 Å². The summed E-state index contributed by atoms with van der Waals surface area (Å²) < 4.78 is 19.1. The van der Waals surface area contributed by atoms with Gasteiger partial charge in [-0.1, -0.05) is 71.9 Å². The van der Waals surface area contributed by atoms with Gasteiger partial charge in [-0.25, -0.2) is 19.6 Å². The Balaban J connectivity index is 0.990. The Hall–Kier alpha value is -6.32. The summed E-state index contributed by atoms with van der Waals surface area (Å²) in [6.45, 7) is 8.82. The van der Waals surface area contributed by atoms with Crippen molar-refractivity contribution in [3.8, 4) is 39.5 Å². The van der Waals surface area contributed by atoms with Gasteiger partial charge in [-0.15, -0.1) is 0 Å². The molecule has 3 aromatic heterocycles. The predicted octanol–water partition coefficient (Wildman–Crippen LogP) is 9.04. The fourth-order valence-corrected chi connectivity index (χ4v) is 10.7. The lowest BCUT2D eigenvalue weighted by Crippen LogP contribution is -2.51. The van der Waals surface area contributed by atoms with Gasteiger partial charge in [0.25, 0.3) is 0 Å². The first-order valence-corrected chi connectivity index (χ1v) is 23.8. The molecule has 3 aliphatic heterocycles. The van der Waals surface area contributed by atoms with Crippen molar-refractivity contribution in [2.45, 2.75) is 122 Å². The van der Waals surface area contributed by atoms with Crippen LogP contribution in [-0.2, 0) is 19.1 Å². The molecule has 0 bridgehead atoms. The largest absolute Gasteiger partial charge is 0.469 e. The van der Waals surface area contributed by atoms with E-state index < -0.39 is 24.3 Å². The normalized spacial score (nSPS) is 20.5. The molecular formula is C50H63N9O7. The van der Waals surface area contributed by atoms with Crippen molar-refractivity contribution in [2.24, 2.45) is 17.8 Å². The van der Waals surface area contributed by atoms with Crippen LogP contribution in [0.1, 0.15) is 122 Å². The SMILES string of the molecule is COC(=O)N[C@H](C(=O)N1CCC[C@H]1c1ncc(-c2ccc3c(c2)OC(CC2CCCCC2)n2c-3cc3cc(-c4cnc([C@@H]5CCCN5C(=O)[C@@H](NC(=O)OC)C(C)C)[nH]4)ccc32)[nH]1)C(C)C. The standard InChI is InChI=1S/C50H63N9O7/c1-28(2)43(55-49(62)64-5)47(60)57-20-10-14-38(57)45-51-26-35(53-45)31-17-19-37-33(23-31)24-40-34-18-16-32(25-41(34)66-42(59(37)40)22-30-12-8-7-9-13-30)36-27-52-46(54-36)39-15-11-21-58(39)48(61)44(29(3)4)56-50(63)65-6/h16-19,23-30,38-39,42-44H,7-15,20-22H2,1-6H3,(H,51,53)(H,52,54)(H,55,62)(H,56,63)/t38-,39-,42?,43-,44-/m0/s1. The summed E-state index contributed by atoms with van der Waals surface area (Å²) in [6, 6.07) is 13.2. The van der Waals surface area contributed by atoms with Crippen LogP contribution >= 0.6 is 0 Å². The number of carbonyl (C=O) groups excluding carboxylic acids is 4. The molecule has 0 radical (unpaired) electrons. The van der Waals surface area contributed by atoms with Crippen LogP contribution in [-0.4, -0.2) is 97.7 Å². The molecule has 3 fully saturated rings. The number of H-pyrrole nitrogens is 2. The first-order valence-electron chi connectivity index (χ1n) is 23.8. The second-order valence-corrected chi connectivity index (χ2v) is 19.2. The molecule has 1 saturated carbocycles. The molecule has 0 spiro atoms. The predicted molar refractivity (Wildman–Crippen MR) is 249 cm³/mol. The summed E-state index contributed by atoms with van der Waals surface area (Å²) in [7, 11) is 2.60. The van der Waals surface area contributed by atoms with Gasteiger partial charge >= 0.3 is 12.2 Å². The topological polar surface area (TPSA) is 189 Å². The van der Waals surface area contributed by atoms with Crippen molar-refractivity contribution in [3.63, 3.8) is 0 Å². The average Bonchev–Trinajstić information content (AvgIpc) is 4.18. The highest BCUT2D eigenvalue weighted by molar-refractivity contribution is 5.92. The fraction of sp³-hybridized carbons (Fsp3) is 0.520. The molecule has 350 valence electrons. The monoisotopic (exact) mass is 901 g/mol. The number of aromatic nitrogens is 5. The first kappa shape index (κ1) is 44.9. The number of hydrogen-bond donors (Lipinski definition) is 4. The number of amides is 4. The molecule has 1 aliphatic carbocycles. The molecule has 2 saturated heterocycles. The number of imidazole rings is 2. The number of nitrogens with one attached hydrogen (secondary N) is 4. The minimum absolute atomic E-state index is 0.118. The molecule has 16 nitrogen and oxygen atoms in total. The van der Waals surface area contributed by atoms with Crippen LogP contribution in [0.5, 0.6) is 5.75 Å². The van der Waals surface area contributed by atoms with E-state index in [1.54, 1.807) is 0 Å². The number of fused-ring (bicyclic) bond motifs is 5. The van der Waals surface area contributed by atoms with Crippen LogP contribution in [0.15, 0.2) is 54.9 Å². The molecule has 2 aromatic carbocycles. The first-order chi connectivity index (χ1) is 31.9. The summed E-state index contributed by atoms with van der Waals surface area (Å²) in [5, 5.41) is 6.55. The third-order valence-corrected chi connectivity index (χ3v) is 14.2. The smallest absolute Gasteiger partial charge is 0.407 e. The van der Waals surface area contributed by atoms with Gasteiger partial charge in [0.1, 0.15) is 29.5 Å². The lowest BCUT2D eigenvalue weighted by molar-refractivity contribution is -0.136. The van der Waals surface area contributed by atoms with E-state index in [4.69, 9.17) is 24.2 Å². The maximum absolute atomic E-state index is 13.8. The molecule has 5 atom stereocenters. The molecule has 5 aromatic rings. The quantitative estimate of drug-likeness (QED) is 0.0947. The summed E-state index contributed by atoms with van der Waals surface area (Å²) in [5.41, 5.74) is 6.85. The van der Waals surface area contributed by atoms with Gasteiger partial charge < -0.3 is 49.2 Å². The van der Waals surface area contributed by atoms with Crippen LogP contribution in [0.2, 0.25) is 0 Å². The maximum Gasteiger partial charge on any atom is 0.407 e. The number of methoxy groups -OCH3 is 2. The summed E-state index contributed by atoms with van der Waals surface area (Å²) >= 11 is 0. The van der Waals surface area contributed by atoms with E-state index in [2.05, 4.69) is 67.6 Å². The van der Waals surface area contributed by atoms with E-state index >= 15 is 0 Å². The van der Waals surface area contributed by atoms with Gasteiger partial charge in [-0.05, 0) is 73.8 Å². The number of alkyl carbamates (subject to hydrolysis) is 2. The third kappa shape index (κ3) is 8.73. The van der Waals surface area contributed by atoms with Crippen molar-refractivity contribution in [1.82, 2.24) is 44.9 Å². The van der Waals surface area contributed by atoms with Gasteiger partial charge in [0.2, 0.25) is 11.8 Å². The lowest BCUT2D eigenvalue weighted by Gasteiger charge is -2.33. The van der Waals surface area contributed by atoms with E-state index in [1.165, 1.54) is 46.3 Å². The van der Waals surface area contributed by atoms with Gasteiger partial charge in [0, 0.05) is 41.6 Å². The van der Waals surface area contributed by atoms with E-state index in [9.17, 15) is 19.2 Å². The van der Waals surface area contributed by atoms with Gasteiger partial charge in [-0.3, -0.25) is 9.59 Å². The molecule has 4 amide bonds. The number of aromatic amines is 2. The summed E-state index contributed by atoms with van der Waals surface area (Å²) in [5.74, 6) is 2.31. The molecule has 4 aliphatic rings. The Morgan fingerprint density at radius 2 is 1.26 bits per heavy atom. The minimum Gasteiger partial charge on any atom is -0.469 e. The van der Waals surface area contributed by atoms with Crippen molar-refractivity contribution >= 4 is 34.9 Å². The summed E-state index contributed by atoms with van der Waals surface area (Å²) in [6.07, 6.45) is 12.5. The van der Waals surface area contributed by atoms with Crippen LogP contribution in [0.4, 0.5) is 9.59 Å². The minimum atomic E-state index is -0.707. The fourth-order valence-electron chi connectivity index (χ4n) is 10.7. The Labute approximate surface area is 385 Å². The van der Waals surface area contributed by atoms with E-state index in [1.807, 2.05) is 49.9 Å². The van der Waals surface area contributed by atoms with Crippen LogP contribution < -0.4 is 15.4 Å². The number of hydrogen-bond acceptors (Lipinski definition) is 9. The highest BCUT2D eigenvalue weighted by Crippen LogP contribution is 2.47. The highest BCUT2D eigenvalue weighted by Gasteiger charge is 2.39. The van der Waals surface area contributed by atoms with Gasteiger partial charge in [-0.2, -0.15) is 0 Å². The lowest BCUT2D eigenvalue weighted by atomic mass is 9.86. The van der Waals surface area contributed by atoms with Crippen molar-refractivity contribution in [3.05, 3.63) is 66.5 Å². The van der Waals surface area contributed by atoms with Crippen LogP contribution in [0, 0.1) is 17.8 Å². The zero-order valence-corrected chi connectivity index (χ0v) is 38.9. The second kappa shape index (κ2) is 18.9. The van der Waals surface area contributed by atoms with Gasteiger partial charge in [0.15, 0.2) is 6.23 Å². The second-order valence-electron chi connectivity index (χ2n) is 19.2. The maximum atomic E-state index is 13.8. The molecular weight excluding hydrogens is 839 g/mol. The zero-order valence-electron chi connectivity index (χ0n) is 38.9. The molecule has 4 N–H and O–H groups in total. The Morgan fingerprint density at radius 1 is 0.712 bits per heavy atom. The van der Waals surface area contributed by atoms with Crippen molar-refractivity contribution in [2.75, 3.05) is 27.3 Å². The highest BCUT2D eigenvalue weighted by atomic mass is 16.5. The Kier molecular flexibility index (Phi) is 12.8. The zero-order chi connectivity index (χ0) is 46.2. The van der Waals surface area contributed by atoms with Crippen molar-refractivity contribution < 1.29 is 33.4 Å². The molecule has 6 heterocycles. The summed E-state index contributed by atoms with van der Waals surface area (Å²) in [4.78, 5) is 72.2. The molecule has 9 rings (SSSR count). The third-order valence-electron chi connectivity index (χ3n) is 14.2. The van der Waals surface area contributed by atoms with Crippen LogP contribution in [0.3, 0.4) is 0 Å². The number of ether oxygens (including phenoxy) is 3. The number of likely N-dealkylation sites (tertiary alicyclic amines) is 2. The Morgan fingerprint density at radius 3 is 1.80 bits per heavy atom. The van der Waals surface area contributed by atoms with E-state index in [0.717, 1.165) is 88.4 Å². The number of nitrogens with zero attached hydrogens (tertiary/aromatic N) is 5. The van der Waals surface area contributed by atoms with Gasteiger partial charge in [0.05, 0.1) is 61.3 Å². The number of benzene rings is 2. The van der Waals surface area contributed by atoms with E-state index in [0.29, 0.717) is 24.8 Å². The molecule has 16 heteroatoms.